The van der Waals surface area contributed by atoms with Crippen LogP contribution in [0.3, 0.4) is 0 Å². The number of hydrogen-bond acceptors (Lipinski definition) is 3. The summed E-state index contributed by atoms with van der Waals surface area (Å²) in [6, 6.07) is 2.10. The second kappa shape index (κ2) is 6.00. The molecule has 0 unspecified atom stereocenters. The molecule has 1 saturated carbocycles. The van der Waals surface area contributed by atoms with Gasteiger partial charge in [0.25, 0.3) is 0 Å². The van der Waals surface area contributed by atoms with Crippen molar-refractivity contribution in [2.75, 3.05) is 13.1 Å². The summed E-state index contributed by atoms with van der Waals surface area (Å²) in [5, 5.41) is 9.74. The fourth-order valence-corrected chi connectivity index (χ4v) is 3.57. The first kappa shape index (κ1) is 13.7. The number of piperidine rings is 1. The molecule has 2 aliphatic rings. The third kappa shape index (κ3) is 2.90. The fraction of sp³-hybridized carbons (Fsp3) is 0.688. The van der Waals surface area contributed by atoms with Crippen molar-refractivity contribution in [3.05, 3.63) is 28.2 Å². The van der Waals surface area contributed by atoms with Crippen molar-refractivity contribution in [2.24, 2.45) is 0 Å². The Bertz CT molecular complexity index is 512. The molecule has 20 heavy (non-hydrogen) atoms. The minimum absolute atomic E-state index is 0.112. The first-order valence-corrected chi connectivity index (χ1v) is 7.90. The van der Waals surface area contributed by atoms with Crippen LogP contribution in [-0.2, 0) is 6.54 Å². The van der Waals surface area contributed by atoms with Gasteiger partial charge in [-0.2, -0.15) is 0 Å². The van der Waals surface area contributed by atoms with Gasteiger partial charge in [-0.05, 0) is 38.8 Å². The Hall–Kier alpha value is -1.29. The topological polar surface area (TPSA) is 45.5 Å². The molecule has 110 valence electrons. The maximum Gasteiger partial charge on any atom is 0.223 e. The van der Waals surface area contributed by atoms with E-state index in [-0.39, 0.29) is 11.2 Å². The molecule has 1 aromatic heterocycles. The zero-order valence-corrected chi connectivity index (χ0v) is 12.1. The van der Waals surface area contributed by atoms with Crippen LogP contribution in [0.15, 0.2) is 17.1 Å². The highest BCUT2D eigenvalue weighted by molar-refractivity contribution is 5.21. The van der Waals surface area contributed by atoms with Crippen molar-refractivity contribution in [2.45, 2.75) is 57.5 Å². The van der Waals surface area contributed by atoms with E-state index in [9.17, 15) is 9.90 Å². The second-order valence-electron chi connectivity index (χ2n) is 6.20. The number of nitrogens with zero attached hydrogens (tertiary/aromatic N) is 2. The normalized spacial score (nSPS) is 21.4. The first-order valence-electron chi connectivity index (χ1n) is 7.90. The van der Waals surface area contributed by atoms with Crippen LogP contribution < -0.4 is 5.43 Å². The van der Waals surface area contributed by atoms with Gasteiger partial charge in [-0.25, -0.2) is 0 Å². The minimum atomic E-state index is -0.244. The van der Waals surface area contributed by atoms with Gasteiger partial charge in [0.05, 0.1) is 6.20 Å². The first-order chi connectivity index (χ1) is 9.74. The molecule has 4 nitrogen and oxygen atoms in total. The van der Waals surface area contributed by atoms with Gasteiger partial charge in [0.2, 0.25) is 5.43 Å². The Labute approximate surface area is 120 Å². The Balaban J connectivity index is 1.86. The molecule has 1 aromatic rings. The average Bonchev–Trinajstić information content (AvgIpc) is 2.98. The summed E-state index contributed by atoms with van der Waals surface area (Å²) >= 11 is 0. The highest BCUT2D eigenvalue weighted by Gasteiger charge is 2.21. The van der Waals surface area contributed by atoms with E-state index in [0.717, 1.165) is 38.2 Å². The molecule has 1 aliphatic heterocycles. The maximum atomic E-state index is 11.8. The lowest BCUT2D eigenvalue weighted by molar-refractivity contribution is 0.213. The van der Waals surface area contributed by atoms with Gasteiger partial charge in [-0.1, -0.05) is 19.3 Å². The molecule has 1 saturated heterocycles. The summed E-state index contributed by atoms with van der Waals surface area (Å²) in [4.78, 5) is 14.2. The molecule has 2 heterocycles. The molecule has 0 spiro atoms. The van der Waals surface area contributed by atoms with E-state index in [4.69, 9.17) is 0 Å². The Kier molecular flexibility index (Phi) is 4.10. The lowest BCUT2D eigenvalue weighted by Gasteiger charge is -2.29. The highest BCUT2D eigenvalue weighted by atomic mass is 16.3. The van der Waals surface area contributed by atoms with Gasteiger partial charge < -0.3 is 9.67 Å². The molecule has 1 N–H and O–H groups in total. The third-order valence-corrected chi connectivity index (χ3v) is 4.70. The van der Waals surface area contributed by atoms with Crippen LogP contribution in [0, 0.1) is 0 Å². The number of likely N-dealkylation sites (tertiary alicyclic amines) is 1. The van der Waals surface area contributed by atoms with E-state index in [1.54, 1.807) is 12.3 Å². The lowest BCUT2D eigenvalue weighted by Crippen LogP contribution is -2.31. The number of hydrogen-bond donors (Lipinski definition) is 1. The van der Waals surface area contributed by atoms with E-state index in [0.29, 0.717) is 6.04 Å². The molecule has 0 amide bonds. The lowest BCUT2D eigenvalue weighted by atomic mass is 10.1. The van der Waals surface area contributed by atoms with Crippen LogP contribution in [0.25, 0.3) is 0 Å². The van der Waals surface area contributed by atoms with Crippen molar-refractivity contribution < 1.29 is 5.11 Å². The van der Waals surface area contributed by atoms with Gasteiger partial charge >= 0.3 is 0 Å². The number of rotatable bonds is 3. The van der Waals surface area contributed by atoms with Crippen LogP contribution >= 0.6 is 0 Å². The molecule has 4 heteroatoms. The van der Waals surface area contributed by atoms with E-state index in [2.05, 4.69) is 9.47 Å². The summed E-state index contributed by atoms with van der Waals surface area (Å²) in [6.45, 7) is 3.09. The van der Waals surface area contributed by atoms with Crippen molar-refractivity contribution in [3.8, 4) is 5.75 Å². The summed E-state index contributed by atoms with van der Waals surface area (Å²) in [5.74, 6) is -0.112. The van der Waals surface area contributed by atoms with Crippen molar-refractivity contribution in [1.29, 1.82) is 0 Å². The third-order valence-electron chi connectivity index (χ3n) is 4.70. The standard InChI is InChI=1S/C16H24N2O2/c19-15-10-14(11-17-8-4-1-5-9-17)18(12-16(15)20)13-6-2-3-7-13/h10,12-13,20H,1-9,11H2. The van der Waals surface area contributed by atoms with Crippen LogP contribution in [0.2, 0.25) is 0 Å². The van der Waals surface area contributed by atoms with E-state index in [1.807, 2.05) is 0 Å². The molecular weight excluding hydrogens is 252 g/mol. The van der Waals surface area contributed by atoms with Crippen LogP contribution in [-0.4, -0.2) is 27.7 Å². The summed E-state index contributed by atoms with van der Waals surface area (Å²) in [7, 11) is 0. The number of aromatic hydroxyl groups is 1. The predicted molar refractivity (Wildman–Crippen MR) is 79.0 cm³/mol. The predicted octanol–water partition coefficient (Wildman–Crippen LogP) is 2.65. The maximum absolute atomic E-state index is 11.8. The average molecular weight is 276 g/mol. The minimum Gasteiger partial charge on any atom is -0.503 e. The smallest absolute Gasteiger partial charge is 0.223 e. The van der Waals surface area contributed by atoms with E-state index >= 15 is 0 Å². The Morgan fingerprint density at radius 3 is 2.50 bits per heavy atom. The Morgan fingerprint density at radius 2 is 1.80 bits per heavy atom. The molecular formula is C16H24N2O2. The van der Waals surface area contributed by atoms with Gasteiger partial charge in [-0.3, -0.25) is 9.69 Å². The molecule has 2 fully saturated rings. The van der Waals surface area contributed by atoms with Crippen molar-refractivity contribution in [1.82, 2.24) is 9.47 Å². The number of aromatic nitrogens is 1. The van der Waals surface area contributed by atoms with Gasteiger partial charge in [-0.15, -0.1) is 0 Å². The number of pyridine rings is 1. The fourth-order valence-electron chi connectivity index (χ4n) is 3.57. The monoisotopic (exact) mass is 276 g/mol. The summed E-state index contributed by atoms with van der Waals surface area (Å²) < 4.78 is 2.17. The molecule has 0 radical (unpaired) electrons. The highest BCUT2D eigenvalue weighted by Crippen LogP contribution is 2.31. The summed E-state index contributed by atoms with van der Waals surface area (Å²) in [6.07, 6.45) is 10.3. The molecule has 1 aliphatic carbocycles. The van der Waals surface area contributed by atoms with E-state index < -0.39 is 0 Å². The summed E-state index contributed by atoms with van der Waals surface area (Å²) in [5.41, 5.74) is 0.827. The zero-order valence-electron chi connectivity index (χ0n) is 12.1. The van der Waals surface area contributed by atoms with Crippen LogP contribution in [0.4, 0.5) is 0 Å². The SMILES string of the molecule is O=c1cc(CN2CCCCC2)n(C2CCCC2)cc1O. The molecule has 3 rings (SSSR count). The molecule has 0 aromatic carbocycles. The Morgan fingerprint density at radius 1 is 1.10 bits per heavy atom. The largest absolute Gasteiger partial charge is 0.503 e. The van der Waals surface area contributed by atoms with Gasteiger partial charge in [0.1, 0.15) is 0 Å². The quantitative estimate of drug-likeness (QED) is 0.923. The molecule has 0 bridgehead atoms. The second-order valence-corrected chi connectivity index (χ2v) is 6.20. The van der Waals surface area contributed by atoms with E-state index in [1.165, 1.54) is 32.1 Å². The van der Waals surface area contributed by atoms with Gasteiger partial charge in [0.15, 0.2) is 5.75 Å². The van der Waals surface area contributed by atoms with Crippen molar-refractivity contribution in [3.63, 3.8) is 0 Å². The van der Waals surface area contributed by atoms with Gasteiger partial charge in [0, 0.05) is 24.3 Å². The van der Waals surface area contributed by atoms with Crippen LogP contribution in [0.1, 0.15) is 56.7 Å². The van der Waals surface area contributed by atoms with Crippen LogP contribution in [0.5, 0.6) is 5.75 Å². The van der Waals surface area contributed by atoms with Crippen molar-refractivity contribution >= 4 is 0 Å². The zero-order chi connectivity index (χ0) is 13.9. The molecule has 0 atom stereocenters.